The van der Waals surface area contributed by atoms with Crippen LogP contribution in [-0.4, -0.2) is 10.8 Å². The molecule has 0 saturated heterocycles. The highest BCUT2D eigenvalue weighted by Gasteiger charge is 2.05. The summed E-state index contributed by atoms with van der Waals surface area (Å²) in [7, 11) is 0. The summed E-state index contributed by atoms with van der Waals surface area (Å²) in [5.74, 6) is 0.217. The lowest BCUT2D eigenvalue weighted by Gasteiger charge is -2.01. The summed E-state index contributed by atoms with van der Waals surface area (Å²) in [6, 6.07) is 9.64. The van der Waals surface area contributed by atoms with Crippen LogP contribution in [-0.2, 0) is 0 Å². The molecule has 0 radical (unpaired) electrons. The average Bonchev–Trinajstić information content (AvgIpc) is 2.35. The van der Waals surface area contributed by atoms with Gasteiger partial charge in [0.25, 0.3) is 0 Å². The van der Waals surface area contributed by atoms with Crippen LogP contribution in [0.15, 0.2) is 36.5 Å². The molecule has 2 rings (SSSR count). The number of unbranched alkanes of at least 4 members (excludes halogenated alkanes) is 1. The molecule has 0 atom stereocenters. The van der Waals surface area contributed by atoms with Crippen LogP contribution in [0.5, 0.6) is 0 Å². The minimum atomic E-state index is 0.217. The lowest BCUT2D eigenvalue weighted by Crippen LogP contribution is -1.98. The van der Waals surface area contributed by atoms with Crippen LogP contribution < -0.4 is 0 Å². The predicted molar refractivity (Wildman–Crippen MR) is 65.6 cm³/mol. The molecule has 0 aliphatic rings. The van der Waals surface area contributed by atoms with Gasteiger partial charge in [0.1, 0.15) is 0 Å². The van der Waals surface area contributed by atoms with Gasteiger partial charge in [-0.3, -0.25) is 9.78 Å². The summed E-state index contributed by atoms with van der Waals surface area (Å²) in [5.41, 5.74) is 1.67. The van der Waals surface area contributed by atoms with Crippen LogP contribution in [0.1, 0.15) is 36.5 Å². The molecule has 1 aromatic carbocycles. The van der Waals surface area contributed by atoms with Crippen molar-refractivity contribution in [1.29, 1.82) is 0 Å². The van der Waals surface area contributed by atoms with Crippen molar-refractivity contribution >= 4 is 16.7 Å². The van der Waals surface area contributed by atoms with E-state index in [1.165, 1.54) is 0 Å². The molecule has 0 N–H and O–H groups in total. The van der Waals surface area contributed by atoms with E-state index in [2.05, 4.69) is 11.9 Å². The first-order valence-corrected chi connectivity index (χ1v) is 5.69. The number of ketones is 1. The van der Waals surface area contributed by atoms with Gasteiger partial charge in [-0.1, -0.05) is 31.5 Å². The summed E-state index contributed by atoms with van der Waals surface area (Å²) in [4.78, 5) is 16.1. The molecule has 0 unspecified atom stereocenters. The second-order valence-corrected chi connectivity index (χ2v) is 3.94. The van der Waals surface area contributed by atoms with Crippen molar-refractivity contribution in [1.82, 2.24) is 4.98 Å². The molecular formula is C14H15NO. The van der Waals surface area contributed by atoms with E-state index in [1.54, 1.807) is 6.20 Å². The fourth-order valence-electron chi connectivity index (χ4n) is 1.72. The van der Waals surface area contributed by atoms with Gasteiger partial charge >= 0.3 is 0 Å². The minimum Gasteiger partial charge on any atom is -0.294 e. The predicted octanol–water partition coefficient (Wildman–Crippen LogP) is 3.61. The maximum absolute atomic E-state index is 11.8. The molecule has 2 nitrogen and oxygen atoms in total. The van der Waals surface area contributed by atoms with Gasteiger partial charge in [-0.05, 0) is 18.6 Å². The van der Waals surface area contributed by atoms with Crippen molar-refractivity contribution in [3.05, 3.63) is 42.1 Å². The number of pyridine rings is 1. The Morgan fingerprint density at radius 3 is 3.00 bits per heavy atom. The van der Waals surface area contributed by atoms with Crippen LogP contribution in [0.2, 0.25) is 0 Å². The van der Waals surface area contributed by atoms with E-state index < -0.39 is 0 Å². The molecule has 0 fully saturated rings. The molecule has 0 spiro atoms. The van der Waals surface area contributed by atoms with E-state index in [0.29, 0.717) is 6.42 Å². The maximum Gasteiger partial charge on any atom is 0.162 e. The molecule has 0 amide bonds. The van der Waals surface area contributed by atoms with Gasteiger partial charge in [0.15, 0.2) is 5.78 Å². The minimum absolute atomic E-state index is 0.217. The SMILES string of the molecule is CCCCC(=O)c1ccc2cccnc2c1. The van der Waals surface area contributed by atoms with E-state index in [0.717, 1.165) is 29.3 Å². The first-order valence-electron chi connectivity index (χ1n) is 5.69. The monoisotopic (exact) mass is 213 g/mol. The first kappa shape index (κ1) is 10.8. The third kappa shape index (κ3) is 2.27. The molecule has 1 heterocycles. The van der Waals surface area contributed by atoms with Crippen molar-refractivity contribution in [2.45, 2.75) is 26.2 Å². The first-order chi connectivity index (χ1) is 7.81. The smallest absolute Gasteiger partial charge is 0.162 e. The highest BCUT2D eigenvalue weighted by Crippen LogP contribution is 2.15. The Bertz CT molecular complexity index is 505. The number of Topliss-reactive ketones (excluding diaryl/α,β-unsaturated/α-hetero) is 1. The number of aromatic nitrogens is 1. The number of benzene rings is 1. The standard InChI is InChI=1S/C14H15NO/c1-2-3-6-14(16)12-8-7-11-5-4-9-15-13(11)10-12/h4-5,7-10H,2-3,6H2,1H3. The Morgan fingerprint density at radius 2 is 2.19 bits per heavy atom. The van der Waals surface area contributed by atoms with Crippen molar-refractivity contribution in [3.63, 3.8) is 0 Å². The van der Waals surface area contributed by atoms with Gasteiger partial charge in [-0.25, -0.2) is 0 Å². The summed E-state index contributed by atoms with van der Waals surface area (Å²) in [5, 5.41) is 1.08. The lowest BCUT2D eigenvalue weighted by molar-refractivity contribution is 0.0980. The van der Waals surface area contributed by atoms with Crippen LogP contribution in [0.4, 0.5) is 0 Å². The van der Waals surface area contributed by atoms with Crippen molar-refractivity contribution in [2.75, 3.05) is 0 Å². The zero-order valence-electron chi connectivity index (χ0n) is 9.44. The van der Waals surface area contributed by atoms with Crippen LogP contribution in [0, 0.1) is 0 Å². The van der Waals surface area contributed by atoms with E-state index in [9.17, 15) is 4.79 Å². The summed E-state index contributed by atoms with van der Waals surface area (Å²) < 4.78 is 0. The molecule has 2 aromatic rings. The average molecular weight is 213 g/mol. The highest BCUT2D eigenvalue weighted by atomic mass is 16.1. The molecule has 16 heavy (non-hydrogen) atoms. The van der Waals surface area contributed by atoms with E-state index in [-0.39, 0.29) is 5.78 Å². The molecule has 0 aliphatic carbocycles. The fraction of sp³-hybridized carbons (Fsp3) is 0.286. The normalized spacial score (nSPS) is 10.6. The van der Waals surface area contributed by atoms with E-state index in [1.807, 2.05) is 30.3 Å². The third-order valence-electron chi connectivity index (χ3n) is 2.69. The summed E-state index contributed by atoms with van der Waals surface area (Å²) >= 11 is 0. The Labute approximate surface area is 95.3 Å². The number of hydrogen-bond donors (Lipinski definition) is 0. The Balaban J connectivity index is 2.28. The topological polar surface area (TPSA) is 30.0 Å². The number of nitrogens with zero attached hydrogens (tertiary/aromatic N) is 1. The van der Waals surface area contributed by atoms with Crippen LogP contribution in [0.3, 0.4) is 0 Å². The number of rotatable bonds is 4. The summed E-state index contributed by atoms with van der Waals surface area (Å²) in [6.45, 7) is 2.09. The molecule has 2 heteroatoms. The number of fused-ring (bicyclic) bond motifs is 1. The molecular weight excluding hydrogens is 198 g/mol. The second-order valence-electron chi connectivity index (χ2n) is 3.94. The van der Waals surface area contributed by atoms with Gasteiger partial charge in [-0.2, -0.15) is 0 Å². The number of hydrogen-bond acceptors (Lipinski definition) is 2. The van der Waals surface area contributed by atoms with Crippen molar-refractivity contribution < 1.29 is 4.79 Å². The molecule has 82 valence electrons. The van der Waals surface area contributed by atoms with Gasteiger partial charge < -0.3 is 0 Å². The molecule has 0 aliphatic heterocycles. The molecule has 0 bridgehead atoms. The highest BCUT2D eigenvalue weighted by molar-refractivity contribution is 5.99. The largest absolute Gasteiger partial charge is 0.294 e. The van der Waals surface area contributed by atoms with Crippen molar-refractivity contribution in [2.24, 2.45) is 0 Å². The van der Waals surface area contributed by atoms with Gasteiger partial charge in [-0.15, -0.1) is 0 Å². The van der Waals surface area contributed by atoms with E-state index >= 15 is 0 Å². The second kappa shape index (κ2) is 4.88. The zero-order valence-corrected chi connectivity index (χ0v) is 9.44. The van der Waals surface area contributed by atoms with Crippen molar-refractivity contribution in [3.8, 4) is 0 Å². The maximum atomic E-state index is 11.8. The van der Waals surface area contributed by atoms with Crippen LogP contribution in [0.25, 0.3) is 10.9 Å². The fourth-order valence-corrected chi connectivity index (χ4v) is 1.72. The Kier molecular flexibility index (Phi) is 3.30. The van der Waals surface area contributed by atoms with Crippen LogP contribution >= 0.6 is 0 Å². The number of carbonyl (C=O) groups is 1. The quantitative estimate of drug-likeness (QED) is 0.726. The zero-order chi connectivity index (χ0) is 11.4. The Morgan fingerprint density at radius 1 is 1.31 bits per heavy atom. The van der Waals surface area contributed by atoms with Gasteiger partial charge in [0.05, 0.1) is 5.52 Å². The lowest BCUT2D eigenvalue weighted by atomic mass is 10.0. The molecule has 1 aromatic heterocycles. The Hall–Kier alpha value is -1.70. The van der Waals surface area contributed by atoms with E-state index in [4.69, 9.17) is 0 Å². The number of carbonyl (C=O) groups excluding carboxylic acids is 1. The van der Waals surface area contributed by atoms with Gasteiger partial charge in [0, 0.05) is 23.6 Å². The van der Waals surface area contributed by atoms with Gasteiger partial charge in [0.2, 0.25) is 0 Å². The third-order valence-corrected chi connectivity index (χ3v) is 2.69. The molecule has 0 saturated carbocycles. The summed E-state index contributed by atoms with van der Waals surface area (Å²) in [6.07, 6.45) is 4.40.